The molecule has 1 aromatic rings. The SMILES string of the molecule is CNCc1ccc(CS(=O)(=O)NC(C)CCN(C)C)cc1. The second-order valence-electron chi connectivity index (χ2n) is 5.72. The third-order valence-corrected chi connectivity index (χ3v) is 4.63. The number of hydrogen-bond acceptors (Lipinski definition) is 4. The molecule has 0 radical (unpaired) electrons. The molecule has 1 atom stereocenters. The van der Waals surface area contributed by atoms with Crippen molar-refractivity contribution in [2.45, 2.75) is 31.7 Å². The minimum absolute atomic E-state index is 0.0269. The van der Waals surface area contributed by atoms with E-state index in [1.807, 2.05) is 57.2 Å². The first kappa shape index (κ1) is 18.1. The summed E-state index contributed by atoms with van der Waals surface area (Å²) >= 11 is 0. The van der Waals surface area contributed by atoms with Crippen LogP contribution in [0.1, 0.15) is 24.5 Å². The molecule has 0 saturated heterocycles. The molecule has 0 bridgehead atoms. The number of hydrogen-bond donors (Lipinski definition) is 2. The zero-order valence-electron chi connectivity index (χ0n) is 13.4. The van der Waals surface area contributed by atoms with Gasteiger partial charge in [-0.2, -0.15) is 0 Å². The highest BCUT2D eigenvalue weighted by Gasteiger charge is 2.15. The first-order chi connectivity index (χ1) is 9.82. The molecule has 0 aliphatic rings. The van der Waals surface area contributed by atoms with Crippen molar-refractivity contribution in [2.24, 2.45) is 0 Å². The van der Waals surface area contributed by atoms with Crippen LogP contribution >= 0.6 is 0 Å². The Labute approximate surface area is 128 Å². The van der Waals surface area contributed by atoms with E-state index in [0.29, 0.717) is 0 Å². The summed E-state index contributed by atoms with van der Waals surface area (Å²) in [6.45, 7) is 3.55. The van der Waals surface area contributed by atoms with E-state index in [9.17, 15) is 8.42 Å². The van der Waals surface area contributed by atoms with Gasteiger partial charge in [0, 0.05) is 12.6 Å². The van der Waals surface area contributed by atoms with E-state index in [0.717, 1.165) is 30.6 Å². The zero-order valence-corrected chi connectivity index (χ0v) is 14.2. The molecule has 0 heterocycles. The number of nitrogens with zero attached hydrogens (tertiary/aromatic N) is 1. The van der Waals surface area contributed by atoms with Crippen molar-refractivity contribution in [2.75, 3.05) is 27.7 Å². The largest absolute Gasteiger partial charge is 0.316 e. The molecule has 1 unspecified atom stereocenters. The van der Waals surface area contributed by atoms with Gasteiger partial charge in [-0.05, 0) is 52.2 Å². The van der Waals surface area contributed by atoms with Gasteiger partial charge in [-0.1, -0.05) is 24.3 Å². The summed E-state index contributed by atoms with van der Waals surface area (Å²) in [4.78, 5) is 2.05. The van der Waals surface area contributed by atoms with Crippen LogP contribution in [-0.2, 0) is 22.3 Å². The van der Waals surface area contributed by atoms with Crippen molar-refractivity contribution in [1.29, 1.82) is 0 Å². The first-order valence-electron chi connectivity index (χ1n) is 7.19. The molecule has 5 nitrogen and oxygen atoms in total. The summed E-state index contributed by atoms with van der Waals surface area (Å²) in [5.74, 6) is 0.0269. The Morgan fingerprint density at radius 3 is 2.24 bits per heavy atom. The average molecular weight is 313 g/mol. The average Bonchev–Trinajstić information content (AvgIpc) is 2.38. The number of benzene rings is 1. The summed E-state index contributed by atoms with van der Waals surface area (Å²) < 4.78 is 27.0. The quantitative estimate of drug-likeness (QED) is 0.718. The zero-order chi connectivity index (χ0) is 15.9. The molecule has 21 heavy (non-hydrogen) atoms. The van der Waals surface area contributed by atoms with E-state index in [-0.39, 0.29) is 11.8 Å². The Morgan fingerprint density at radius 2 is 1.71 bits per heavy atom. The first-order valence-corrected chi connectivity index (χ1v) is 8.85. The molecule has 0 amide bonds. The second-order valence-corrected chi connectivity index (χ2v) is 7.47. The van der Waals surface area contributed by atoms with Crippen molar-refractivity contribution >= 4 is 10.0 Å². The van der Waals surface area contributed by atoms with Crippen LogP contribution in [0.15, 0.2) is 24.3 Å². The maximum Gasteiger partial charge on any atom is 0.216 e. The van der Waals surface area contributed by atoms with E-state index < -0.39 is 10.0 Å². The molecule has 1 rings (SSSR count). The van der Waals surface area contributed by atoms with Gasteiger partial charge in [0.2, 0.25) is 10.0 Å². The molecule has 0 aliphatic carbocycles. The summed E-state index contributed by atoms with van der Waals surface area (Å²) in [5.41, 5.74) is 1.95. The standard InChI is InChI=1S/C15H27N3O2S/c1-13(9-10-18(3)4)17-21(19,20)12-15-7-5-14(6-8-15)11-16-2/h5-8,13,16-17H,9-12H2,1-4H3. The number of nitrogens with one attached hydrogen (secondary N) is 2. The molecular weight excluding hydrogens is 286 g/mol. The minimum atomic E-state index is -3.29. The topological polar surface area (TPSA) is 61.4 Å². The Hall–Kier alpha value is -0.950. The monoisotopic (exact) mass is 313 g/mol. The van der Waals surface area contributed by atoms with Gasteiger partial charge >= 0.3 is 0 Å². The third kappa shape index (κ3) is 7.57. The normalized spacial score (nSPS) is 13.6. The van der Waals surface area contributed by atoms with Crippen LogP contribution in [0.25, 0.3) is 0 Å². The van der Waals surface area contributed by atoms with Crippen molar-refractivity contribution in [1.82, 2.24) is 14.9 Å². The molecule has 2 N–H and O–H groups in total. The van der Waals surface area contributed by atoms with Gasteiger partial charge < -0.3 is 10.2 Å². The lowest BCUT2D eigenvalue weighted by atomic mass is 10.1. The van der Waals surface area contributed by atoms with Crippen LogP contribution in [0.3, 0.4) is 0 Å². The Morgan fingerprint density at radius 1 is 1.14 bits per heavy atom. The van der Waals surface area contributed by atoms with Crippen molar-refractivity contribution in [3.05, 3.63) is 35.4 Å². The fourth-order valence-electron chi connectivity index (χ4n) is 2.04. The smallest absolute Gasteiger partial charge is 0.216 e. The molecular formula is C15H27N3O2S. The van der Waals surface area contributed by atoms with E-state index in [4.69, 9.17) is 0 Å². The lowest BCUT2D eigenvalue weighted by Crippen LogP contribution is -2.35. The van der Waals surface area contributed by atoms with Crippen molar-refractivity contribution in [3.8, 4) is 0 Å². The molecule has 0 saturated carbocycles. The lowest BCUT2D eigenvalue weighted by molar-refractivity contribution is 0.379. The van der Waals surface area contributed by atoms with Gasteiger partial charge in [-0.25, -0.2) is 13.1 Å². The molecule has 120 valence electrons. The molecule has 0 aliphatic heterocycles. The van der Waals surface area contributed by atoms with Crippen LogP contribution in [0.4, 0.5) is 0 Å². The van der Waals surface area contributed by atoms with Gasteiger partial charge in [-0.15, -0.1) is 0 Å². The van der Waals surface area contributed by atoms with Crippen molar-refractivity contribution < 1.29 is 8.42 Å². The van der Waals surface area contributed by atoms with Crippen LogP contribution in [-0.4, -0.2) is 47.0 Å². The minimum Gasteiger partial charge on any atom is -0.316 e. The molecule has 0 aromatic heterocycles. The maximum absolute atomic E-state index is 12.1. The van der Waals surface area contributed by atoms with Gasteiger partial charge in [0.1, 0.15) is 0 Å². The molecule has 6 heteroatoms. The van der Waals surface area contributed by atoms with E-state index in [1.165, 1.54) is 0 Å². The van der Waals surface area contributed by atoms with E-state index in [1.54, 1.807) is 0 Å². The third-order valence-electron chi connectivity index (χ3n) is 3.15. The number of rotatable bonds is 9. The van der Waals surface area contributed by atoms with Gasteiger partial charge in [0.25, 0.3) is 0 Å². The fourth-order valence-corrected chi connectivity index (χ4v) is 3.48. The lowest BCUT2D eigenvalue weighted by Gasteiger charge is -2.17. The highest BCUT2D eigenvalue weighted by Crippen LogP contribution is 2.09. The highest BCUT2D eigenvalue weighted by molar-refractivity contribution is 7.88. The van der Waals surface area contributed by atoms with Crippen LogP contribution < -0.4 is 10.0 Å². The highest BCUT2D eigenvalue weighted by atomic mass is 32.2. The Bertz CT molecular complexity index is 512. The fraction of sp³-hybridized carbons (Fsp3) is 0.600. The maximum atomic E-state index is 12.1. The van der Waals surface area contributed by atoms with Gasteiger partial charge in [0.15, 0.2) is 0 Å². The predicted molar refractivity (Wildman–Crippen MR) is 87.6 cm³/mol. The Kier molecular flexibility index (Phi) is 7.31. The second kappa shape index (κ2) is 8.48. The van der Waals surface area contributed by atoms with Gasteiger partial charge in [0.05, 0.1) is 5.75 Å². The predicted octanol–water partition coefficient (Wildman–Crippen LogP) is 1.17. The van der Waals surface area contributed by atoms with Crippen LogP contribution in [0.5, 0.6) is 0 Å². The summed E-state index contributed by atoms with van der Waals surface area (Å²) in [6, 6.07) is 7.60. The van der Waals surface area contributed by atoms with Gasteiger partial charge in [-0.3, -0.25) is 0 Å². The van der Waals surface area contributed by atoms with E-state index in [2.05, 4.69) is 10.0 Å². The summed E-state index contributed by atoms with van der Waals surface area (Å²) in [5, 5.41) is 3.07. The van der Waals surface area contributed by atoms with Crippen LogP contribution in [0.2, 0.25) is 0 Å². The summed E-state index contributed by atoms with van der Waals surface area (Å²) in [7, 11) is 2.56. The molecule has 1 aromatic carbocycles. The summed E-state index contributed by atoms with van der Waals surface area (Å²) in [6.07, 6.45) is 0.799. The molecule has 0 fully saturated rings. The van der Waals surface area contributed by atoms with Crippen LogP contribution in [0, 0.1) is 0 Å². The Balaban J connectivity index is 2.55. The van der Waals surface area contributed by atoms with E-state index >= 15 is 0 Å². The number of sulfonamides is 1. The molecule has 0 spiro atoms. The van der Waals surface area contributed by atoms with Crippen molar-refractivity contribution in [3.63, 3.8) is 0 Å².